The molecular formula is C11H10N2. The molecule has 0 spiro atoms. The smallest absolute Gasteiger partial charge is 0.0505 e. The van der Waals surface area contributed by atoms with Crippen LogP contribution in [0.2, 0.25) is 0 Å². The number of H-pyrrole nitrogens is 1. The van der Waals surface area contributed by atoms with Gasteiger partial charge in [-0.1, -0.05) is 6.07 Å². The van der Waals surface area contributed by atoms with Crippen molar-refractivity contribution in [1.82, 2.24) is 9.55 Å². The maximum absolute atomic E-state index is 3.24. The molecule has 1 N–H and O–H groups in total. The van der Waals surface area contributed by atoms with Crippen LogP contribution in [0.15, 0.2) is 36.7 Å². The van der Waals surface area contributed by atoms with E-state index >= 15 is 0 Å². The Morgan fingerprint density at radius 3 is 3.15 bits per heavy atom. The van der Waals surface area contributed by atoms with E-state index in [2.05, 4.69) is 41.0 Å². The fourth-order valence-electron chi connectivity index (χ4n) is 1.89. The molecule has 2 heterocycles. The van der Waals surface area contributed by atoms with Crippen molar-refractivity contribution in [3.05, 3.63) is 36.7 Å². The van der Waals surface area contributed by atoms with Crippen molar-refractivity contribution in [1.29, 1.82) is 0 Å². The summed E-state index contributed by atoms with van der Waals surface area (Å²) in [6, 6.07) is 8.53. The number of nitrogens with one attached hydrogen (secondary N) is 1. The Morgan fingerprint density at radius 2 is 2.23 bits per heavy atom. The van der Waals surface area contributed by atoms with Crippen molar-refractivity contribution in [3.8, 4) is 11.3 Å². The summed E-state index contributed by atoms with van der Waals surface area (Å²) in [5.74, 6) is 0. The van der Waals surface area contributed by atoms with Gasteiger partial charge in [-0.25, -0.2) is 0 Å². The summed E-state index contributed by atoms with van der Waals surface area (Å²) in [5.41, 5.74) is 3.80. The van der Waals surface area contributed by atoms with Gasteiger partial charge in [-0.15, -0.1) is 0 Å². The van der Waals surface area contributed by atoms with Gasteiger partial charge in [0.25, 0.3) is 0 Å². The molecular weight excluding hydrogens is 160 g/mol. The van der Waals surface area contributed by atoms with Crippen LogP contribution in [0.5, 0.6) is 0 Å². The van der Waals surface area contributed by atoms with Gasteiger partial charge in [0.1, 0.15) is 0 Å². The van der Waals surface area contributed by atoms with Crippen LogP contribution in [0.3, 0.4) is 0 Å². The van der Waals surface area contributed by atoms with E-state index in [0.29, 0.717) is 0 Å². The van der Waals surface area contributed by atoms with Gasteiger partial charge in [-0.05, 0) is 18.2 Å². The van der Waals surface area contributed by atoms with Crippen LogP contribution in [0.25, 0.3) is 22.2 Å². The average Bonchev–Trinajstić information content (AvgIpc) is 2.67. The first-order valence-electron chi connectivity index (χ1n) is 4.37. The normalized spacial score (nSPS) is 11.5. The molecule has 2 nitrogen and oxygen atoms in total. The maximum Gasteiger partial charge on any atom is 0.0505 e. The number of hydrogen-bond acceptors (Lipinski definition) is 0. The number of pyridine rings is 1. The highest BCUT2D eigenvalue weighted by atomic mass is 14.9. The Labute approximate surface area is 76.1 Å². The second-order valence-electron chi connectivity index (χ2n) is 3.37. The monoisotopic (exact) mass is 170 g/mol. The predicted octanol–water partition coefficient (Wildman–Crippen LogP) is 2.61. The molecule has 64 valence electrons. The quantitative estimate of drug-likeness (QED) is 0.535. The molecule has 1 aromatic rings. The summed E-state index contributed by atoms with van der Waals surface area (Å²) in [5, 5.41) is 1.33. The van der Waals surface area contributed by atoms with E-state index in [1.165, 1.54) is 22.2 Å². The number of aryl methyl sites for hydroxylation is 1. The van der Waals surface area contributed by atoms with Crippen LogP contribution in [0.1, 0.15) is 0 Å². The lowest BCUT2D eigenvalue weighted by Gasteiger charge is -1.95. The van der Waals surface area contributed by atoms with Crippen molar-refractivity contribution in [2.75, 3.05) is 0 Å². The summed E-state index contributed by atoms with van der Waals surface area (Å²) in [6.07, 6.45) is 4.05. The zero-order chi connectivity index (χ0) is 8.84. The first-order chi connectivity index (χ1) is 6.36. The van der Waals surface area contributed by atoms with Gasteiger partial charge in [0, 0.05) is 36.1 Å². The highest BCUT2D eigenvalue weighted by Crippen LogP contribution is 2.32. The van der Waals surface area contributed by atoms with Gasteiger partial charge in [0.05, 0.1) is 5.52 Å². The Hall–Kier alpha value is -1.70. The molecule has 1 aromatic heterocycles. The van der Waals surface area contributed by atoms with Crippen LogP contribution in [-0.2, 0) is 7.05 Å². The zero-order valence-corrected chi connectivity index (χ0v) is 7.41. The average molecular weight is 170 g/mol. The third-order valence-electron chi connectivity index (χ3n) is 2.58. The van der Waals surface area contributed by atoms with Gasteiger partial charge in [0.2, 0.25) is 0 Å². The molecule has 0 radical (unpaired) electrons. The standard InChI is InChI=1S/C11H10N2/c1-13-6-4-9-8-3-2-5-12-10(8)7-11(9)13/h2-7,12H,1H3. The number of fused-ring (bicyclic) bond motifs is 3. The fourth-order valence-corrected chi connectivity index (χ4v) is 1.89. The molecule has 3 rings (SSSR count). The molecule has 0 bridgehead atoms. The van der Waals surface area contributed by atoms with Crippen molar-refractivity contribution >= 4 is 10.9 Å². The lowest BCUT2D eigenvalue weighted by molar-refractivity contribution is 0.970. The van der Waals surface area contributed by atoms with E-state index in [-0.39, 0.29) is 0 Å². The van der Waals surface area contributed by atoms with Crippen LogP contribution in [0, 0.1) is 0 Å². The van der Waals surface area contributed by atoms with Crippen molar-refractivity contribution in [2.45, 2.75) is 0 Å². The summed E-state index contributed by atoms with van der Waals surface area (Å²) in [4.78, 5) is 3.24. The van der Waals surface area contributed by atoms with Gasteiger partial charge in [0.15, 0.2) is 0 Å². The van der Waals surface area contributed by atoms with Crippen LogP contribution in [0.4, 0.5) is 0 Å². The van der Waals surface area contributed by atoms with Gasteiger partial charge >= 0.3 is 0 Å². The minimum Gasteiger partial charge on any atom is -0.361 e. The highest BCUT2D eigenvalue weighted by molar-refractivity contribution is 5.99. The second kappa shape index (κ2) is 2.16. The van der Waals surface area contributed by atoms with E-state index in [1.807, 2.05) is 12.3 Å². The minimum atomic E-state index is 1.21. The third kappa shape index (κ3) is 0.773. The number of aromatic amines is 1. The number of hydrogen-bond donors (Lipinski definition) is 1. The largest absolute Gasteiger partial charge is 0.361 e. The first kappa shape index (κ1) is 6.78. The summed E-state index contributed by atoms with van der Waals surface area (Å²) >= 11 is 0. The van der Waals surface area contributed by atoms with Crippen molar-refractivity contribution in [2.24, 2.45) is 7.05 Å². The van der Waals surface area contributed by atoms with Gasteiger partial charge < -0.3 is 9.55 Å². The molecule has 0 amide bonds. The molecule has 0 unspecified atom stereocenters. The van der Waals surface area contributed by atoms with Crippen molar-refractivity contribution in [3.63, 3.8) is 0 Å². The number of nitrogens with zero attached hydrogens (tertiary/aromatic N) is 1. The van der Waals surface area contributed by atoms with Gasteiger partial charge in [-0.2, -0.15) is 0 Å². The number of rotatable bonds is 0. The van der Waals surface area contributed by atoms with Crippen LogP contribution < -0.4 is 0 Å². The maximum atomic E-state index is 3.24. The van der Waals surface area contributed by atoms with Crippen LogP contribution in [-0.4, -0.2) is 9.55 Å². The highest BCUT2D eigenvalue weighted by Gasteiger charge is 2.10. The van der Waals surface area contributed by atoms with E-state index in [0.717, 1.165) is 0 Å². The topological polar surface area (TPSA) is 20.7 Å². The first-order valence-corrected chi connectivity index (χ1v) is 4.37. The molecule has 0 saturated carbocycles. The predicted molar refractivity (Wildman–Crippen MR) is 53.9 cm³/mol. The Bertz CT molecular complexity index is 530. The lowest BCUT2D eigenvalue weighted by Crippen LogP contribution is -1.80. The van der Waals surface area contributed by atoms with Crippen molar-refractivity contribution < 1.29 is 0 Å². The van der Waals surface area contributed by atoms with Gasteiger partial charge in [-0.3, -0.25) is 0 Å². The Balaban J connectivity index is 2.57. The molecule has 0 atom stereocenters. The SMILES string of the molecule is Cn1ccc2c3ccc[nH]c-3cc21. The third-order valence-corrected chi connectivity index (χ3v) is 2.58. The molecule has 2 heteroatoms. The molecule has 0 aromatic carbocycles. The Morgan fingerprint density at radius 1 is 1.31 bits per heavy atom. The molecule has 1 aliphatic heterocycles. The Kier molecular flexibility index (Phi) is 1.13. The lowest BCUT2D eigenvalue weighted by atomic mass is 10.2. The molecule has 0 fully saturated rings. The molecule has 2 aliphatic rings. The van der Waals surface area contributed by atoms with E-state index in [4.69, 9.17) is 0 Å². The molecule has 1 aliphatic carbocycles. The van der Waals surface area contributed by atoms with E-state index in [9.17, 15) is 0 Å². The number of aromatic nitrogens is 2. The van der Waals surface area contributed by atoms with E-state index < -0.39 is 0 Å². The second-order valence-corrected chi connectivity index (χ2v) is 3.37. The molecule has 13 heavy (non-hydrogen) atoms. The zero-order valence-electron chi connectivity index (χ0n) is 7.41. The fraction of sp³-hybridized carbons (Fsp3) is 0.0909. The molecule has 0 saturated heterocycles. The van der Waals surface area contributed by atoms with E-state index in [1.54, 1.807) is 0 Å². The minimum absolute atomic E-state index is 1.21. The summed E-state index contributed by atoms with van der Waals surface area (Å²) in [7, 11) is 2.07. The summed E-state index contributed by atoms with van der Waals surface area (Å²) in [6.45, 7) is 0. The summed E-state index contributed by atoms with van der Waals surface area (Å²) < 4.78 is 2.14. The van der Waals surface area contributed by atoms with Crippen LogP contribution >= 0.6 is 0 Å².